The van der Waals surface area contributed by atoms with Crippen LogP contribution < -0.4 is 14.8 Å². The van der Waals surface area contributed by atoms with Crippen LogP contribution in [0.3, 0.4) is 0 Å². The molecule has 1 N–H and O–H groups in total. The SMILES string of the molecule is C=C/C=C\C(=C/C)N1C(=O)/C(=C/c2cc(I)c(OCc3ccc(Cl)cc3)c(OCC)c2)C(=O)N=C1SCC(=O)NC(c1ccccc1)c1ccccc1. The van der Waals surface area contributed by atoms with Gasteiger partial charge < -0.3 is 14.8 Å². The van der Waals surface area contributed by atoms with E-state index in [1.54, 1.807) is 55.5 Å². The highest BCUT2D eigenvalue weighted by atomic mass is 127. The number of amides is 3. The zero-order valence-electron chi connectivity index (χ0n) is 29.1. The Hall–Kier alpha value is -4.91. The van der Waals surface area contributed by atoms with Crippen molar-refractivity contribution in [3.05, 3.63) is 170 Å². The van der Waals surface area contributed by atoms with Crippen molar-refractivity contribution in [2.45, 2.75) is 26.5 Å². The first-order chi connectivity index (χ1) is 25.7. The van der Waals surface area contributed by atoms with Crippen molar-refractivity contribution >= 4 is 74.9 Å². The van der Waals surface area contributed by atoms with Crippen LogP contribution in [0.5, 0.6) is 11.5 Å². The minimum Gasteiger partial charge on any atom is -0.490 e. The van der Waals surface area contributed by atoms with E-state index in [9.17, 15) is 14.4 Å². The first-order valence-corrected chi connectivity index (χ1v) is 19.2. The highest BCUT2D eigenvalue weighted by Gasteiger charge is 2.35. The molecule has 270 valence electrons. The number of hydrogen-bond donors (Lipinski definition) is 1. The average molecular weight is 858 g/mol. The fourth-order valence-electron chi connectivity index (χ4n) is 5.37. The maximum absolute atomic E-state index is 14.2. The van der Waals surface area contributed by atoms with Crippen molar-refractivity contribution < 1.29 is 23.9 Å². The topological polar surface area (TPSA) is 97.3 Å². The Labute approximate surface area is 332 Å². The van der Waals surface area contributed by atoms with Crippen molar-refractivity contribution in [3.63, 3.8) is 0 Å². The molecule has 4 aromatic rings. The van der Waals surface area contributed by atoms with Gasteiger partial charge in [-0.25, -0.2) is 0 Å². The molecule has 0 saturated heterocycles. The molecular formula is C42H37ClIN3O5S. The minimum absolute atomic E-state index is 0.0839. The molecule has 0 spiro atoms. The Kier molecular flexibility index (Phi) is 14.3. The number of hydrogen-bond acceptors (Lipinski definition) is 6. The molecule has 0 aromatic heterocycles. The van der Waals surface area contributed by atoms with E-state index in [-0.39, 0.29) is 29.0 Å². The van der Waals surface area contributed by atoms with Gasteiger partial charge in [0.05, 0.1) is 22.0 Å². The summed E-state index contributed by atoms with van der Waals surface area (Å²) < 4.78 is 12.8. The first-order valence-electron chi connectivity index (χ1n) is 16.7. The van der Waals surface area contributed by atoms with Gasteiger partial charge in [-0.05, 0) is 95.1 Å². The van der Waals surface area contributed by atoms with Crippen LogP contribution in [0.15, 0.2) is 144 Å². The van der Waals surface area contributed by atoms with Crippen LogP contribution in [-0.2, 0) is 21.0 Å². The number of carbonyl (C=O) groups is 3. The number of carbonyl (C=O) groups excluding carboxylic acids is 3. The van der Waals surface area contributed by atoms with Gasteiger partial charge in [-0.1, -0.05) is 121 Å². The number of halogens is 2. The van der Waals surface area contributed by atoms with Gasteiger partial charge in [0.15, 0.2) is 16.7 Å². The lowest BCUT2D eigenvalue weighted by Crippen LogP contribution is -2.42. The molecule has 1 aliphatic heterocycles. The third-order valence-corrected chi connectivity index (χ3v) is 9.84. The Morgan fingerprint density at radius 2 is 1.66 bits per heavy atom. The molecule has 0 bridgehead atoms. The smallest absolute Gasteiger partial charge is 0.285 e. The Morgan fingerprint density at radius 3 is 2.26 bits per heavy atom. The fourth-order valence-corrected chi connectivity index (χ4v) is 7.09. The largest absolute Gasteiger partial charge is 0.490 e. The molecule has 8 nitrogen and oxygen atoms in total. The number of allylic oxidation sites excluding steroid dienone is 4. The van der Waals surface area contributed by atoms with Crippen LogP contribution in [0, 0.1) is 3.57 Å². The van der Waals surface area contributed by atoms with Crippen LogP contribution in [0.25, 0.3) is 6.08 Å². The molecule has 53 heavy (non-hydrogen) atoms. The molecule has 3 amide bonds. The number of nitrogens with zero attached hydrogens (tertiary/aromatic N) is 2. The van der Waals surface area contributed by atoms with Gasteiger partial charge in [-0.2, -0.15) is 4.99 Å². The molecule has 1 aliphatic rings. The van der Waals surface area contributed by atoms with E-state index in [2.05, 4.69) is 39.5 Å². The molecule has 0 unspecified atom stereocenters. The Morgan fingerprint density at radius 1 is 1.00 bits per heavy atom. The van der Waals surface area contributed by atoms with Gasteiger partial charge in [0.1, 0.15) is 12.2 Å². The lowest BCUT2D eigenvalue weighted by Gasteiger charge is -2.28. The monoisotopic (exact) mass is 857 g/mol. The number of rotatable bonds is 14. The number of benzene rings is 4. The Balaban J connectivity index is 1.42. The molecular weight excluding hydrogens is 821 g/mol. The summed E-state index contributed by atoms with van der Waals surface area (Å²) in [6, 6.07) is 29.8. The lowest BCUT2D eigenvalue weighted by molar-refractivity contribution is -0.126. The molecule has 0 saturated carbocycles. The number of aliphatic imine (C=N–C) groups is 1. The van der Waals surface area contributed by atoms with Crippen molar-refractivity contribution in [1.29, 1.82) is 0 Å². The highest BCUT2D eigenvalue weighted by Crippen LogP contribution is 2.36. The van der Waals surface area contributed by atoms with Crippen molar-refractivity contribution in [3.8, 4) is 11.5 Å². The summed E-state index contributed by atoms with van der Waals surface area (Å²) in [4.78, 5) is 47.0. The van der Waals surface area contributed by atoms with Gasteiger partial charge >= 0.3 is 0 Å². The lowest BCUT2D eigenvalue weighted by atomic mass is 9.99. The quantitative estimate of drug-likeness (QED) is 0.0588. The second kappa shape index (κ2) is 19.2. The third kappa shape index (κ3) is 10.4. The maximum Gasteiger partial charge on any atom is 0.285 e. The predicted molar refractivity (Wildman–Crippen MR) is 222 cm³/mol. The minimum atomic E-state index is -0.722. The standard InChI is InChI=1S/C42H37ClIN3O5S/c1-4-7-18-33(5-2)47-41(50)34(23-29-24-35(44)39(36(25-29)51-6-3)52-26-28-19-21-32(43)22-20-28)40(49)46-42(47)53-27-37(48)45-38(30-14-10-8-11-15-30)31-16-12-9-13-17-31/h4-5,7-25,38H,1,6,26-27H2,2-3H3,(H,45,48)/b18-7-,33-5+,34-23+. The fraction of sp³-hybridized carbons (Fsp3) is 0.143. The first kappa shape index (κ1) is 39.3. The second-order valence-corrected chi connectivity index (χ2v) is 14.0. The van der Waals surface area contributed by atoms with Gasteiger partial charge in [-0.3, -0.25) is 19.3 Å². The van der Waals surface area contributed by atoms with Crippen LogP contribution in [0.4, 0.5) is 0 Å². The zero-order chi connectivity index (χ0) is 37.7. The number of ether oxygens (including phenoxy) is 2. The molecule has 0 aliphatic carbocycles. The number of nitrogens with one attached hydrogen (secondary N) is 1. The van der Waals surface area contributed by atoms with Gasteiger partial charge in [0.25, 0.3) is 11.8 Å². The summed E-state index contributed by atoms with van der Waals surface area (Å²) in [7, 11) is 0. The summed E-state index contributed by atoms with van der Waals surface area (Å²) in [6.45, 7) is 8.03. The molecule has 0 fully saturated rings. The van der Waals surface area contributed by atoms with Crippen LogP contribution in [0.2, 0.25) is 5.02 Å². The van der Waals surface area contributed by atoms with Crippen molar-refractivity contribution in [1.82, 2.24) is 10.2 Å². The normalized spacial score (nSPS) is 14.1. The van der Waals surface area contributed by atoms with Gasteiger partial charge in [0.2, 0.25) is 5.91 Å². The summed E-state index contributed by atoms with van der Waals surface area (Å²) in [6.07, 6.45) is 8.18. The van der Waals surface area contributed by atoms with E-state index in [1.807, 2.05) is 79.7 Å². The molecule has 5 rings (SSSR count). The summed E-state index contributed by atoms with van der Waals surface area (Å²) in [5, 5.41) is 3.83. The van der Waals surface area contributed by atoms with E-state index >= 15 is 0 Å². The summed E-state index contributed by atoms with van der Waals surface area (Å²) in [5.41, 5.74) is 3.63. The van der Waals surface area contributed by atoms with Crippen LogP contribution >= 0.6 is 46.0 Å². The van der Waals surface area contributed by atoms with E-state index in [0.29, 0.717) is 34.4 Å². The maximum atomic E-state index is 14.2. The average Bonchev–Trinajstić information content (AvgIpc) is 3.16. The van der Waals surface area contributed by atoms with Gasteiger partial charge in [-0.15, -0.1) is 0 Å². The van der Waals surface area contributed by atoms with Crippen molar-refractivity contribution in [2.24, 2.45) is 4.99 Å². The van der Waals surface area contributed by atoms with Crippen LogP contribution in [0.1, 0.15) is 42.1 Å². The second-order valence-electron chi connectivity index (χ2n) is 11.5. The predicted octanol–water partition coefficient (Wildman–Crippen LogP) is 9.32. The summed E-state index contributed by atoms with van der Waals surface area (Å²) >= 11 is 9.18. The number of amidine groups is 1. The van der Waals surface area contributed by atoms with E-state index in [0.717, 1.165) is 32.0 Å². The molecule has 0 atom stereocenters. The van der Waals surface area contributed by atoms with E-state index in [4.69, 9.17) is 21.1 Å². The highest BCUT2D eigenvalue weighted by molar-refractivity contribution is 14.1. The summed E-state index contributed by atoms with van der Waals surface area (Å²) in [5.74, 6) is -0.699. The zero-order valence-corrected chi connectivity index (χ0v) is 32.9. The van der Waals surface area contributed by atoms with E-state index in [1.165, 1.54) is 11.0 Å². The number of thioether (sulfide) groups is 1. The van der Waals surface area contributed by atoms with Crippen molar-refractivity contribution in [2.75, 3.05) is 12.4 Å². The molecule has 4 aromatic carbocycles. The molecule has 0 radical (unpaired) electrons. The molecule has 11 heteroatoms. The van der Waals surface area contributed by atoms with Gasteiger partial charge in [0, 0.05) is 10.7 Å². The Bertz CT molecular complexity index is 2040. The molecule has 1 heterocycles. The van der Waals surface area contributed by atoms with Crippen LogP contribution in [-0.4, -0.2) is 40.1 Å². The third-order valence-electron chi connectivity index (χ3n) is 7.85. The van der Waals surface area contributed by atoms with E-state index < -0.39 is 17.9 Å².